The predicted molar refractivity (Wildman–Crippen MR) is 83.5 cm³/mol. The molecule has 0 bridgehead atoms. The van der Waals surface area contributed by atoms with Crippen molar-refractivity contribution in [3.05, 3.63) is 82.0 Å². The zero-order valence-corrected chi connectivity index (χ0v) is 12.3. The van der Waals surface area contributed by atoms with Gasteiger partial charge in [0.25, 0.3) is 0 Å². The summed E-state index contributed by atoms with van der Waals surface area (Å²) >= 11 is 0. The maximum atomic E-state index is 12.8. The average molecular weight is 326 g/mol. The van der Waals surface area contributed by atoms with Crippen molar-refractivity contribution in [3.8, 4) is 0 Å². The topological polar surface area (TPSA) is 73.6 Å². The van der Waals surface area contributed by atoms with Crippen molar-refractivity contribution >= 4 is 22.7 Å². The molecule has 6 heteroatoms. The number of rotatable bonds is 4. The lowest BCUT2D eigenvalue weighted by atomic mass is 10.1. The number of benzene rings is 2. The van der Waals surface area contributed by atoms with E-state index in [2.05, 4.69) is 0 Å². The Balaban J connectivity index is 1.75. The van der Waals surface area contributed by atoms with Gasteiger partial charge in [-0.2, -0.15) is 0 Å². The van der Waals surface area contributed by atoms with Gasteiger partial charge in [0.1, 0.15) is 17.0 Å². The number of Topliss-reactive ketones (excluding diaryl/α,β-unsaturated/α-hetero) is 1. The lowest BCUT2D eigenvalue weighted by Crippen LogP contribution is -2.20. The van der Waals surface area contributed by atoms with E-state index in [0.29, 0.717) is 11.0 Å². The molecule has 24 heavy (non-hydrogen) atoms. The van der Waals surface area contributed by atoms with Crippen LogP contribution < -0.4 is 5.63 Å². The van der Waals surface area contributed by atoms with Gasteiger partial charge < -0.3 is 9.15 Å². The molecule has 0 fully saturated rings. The fourth-order valence-electron chi connectivity index (χ4n) is 2.13. The Bertz CT molecular complexity index is 973. The number of ketones is 1. The highest BCUT2D eigenvalue weighted by molar-refractivity contribution is 5.99. The largest absolute Gasteiger partial charge is 0.453 e. The van der Waals surface area contributed by atoms with E-state index >= 15 is 0 Å². The van der Waals surface area contributed by atoms with E-state index in [1.165, 1.54) is 18.2 Å². The number of para-hydroxylation sites is 1. The van der Waals surface area contributed by atoms with Crippen molar-refractivity contribution in [2.45, 2.75) is 0 Å². The fraction of sp³-hybridized carbons (Fsp3) is 0.0556. The van der Waals surface area contributed by atoms with Gasteiger partial charge in [-0.3, -0.25) is 4.79 Å². The van der Waals surface area contributed by atoms with E-state index in [9.17, 15) is 18.8 Å². The molecule has 0 saturated heterocycles. The normalized spacial score (nSPS) is 10.5. The summed E-state index contributed by atoms with van der Waals surface area (Å²) in [7, 11) is 0. The number of fused-ring (bicyclic) bond motifs is 1. The number of ether oxygens (including phenoxy) is 1. The van der Waals surface area contributed by atoms with Crippen LogP contribution in [0.25, 0.3) is 11.0 Å². The third-order valence-corrected chi connectivity index (χ3v) is 3.36. The molecule has 3 aromatic rings. The van der Waals surface area contributed by atoms with Crippen molar-refractivity contribution in [1.29, 1.82) is 0 Å². The molecule has 0 amide bonds. The first-order valence-electron chi connectivity index (χ1n) is 7.03. The second kappa shape index (κ2) is 6.45. The van der Waals surface area contributed by atoms with E-state index in [-0.39, 0.29) is 11.1 Å². The summed E-state index contributed by atoms with van der Waals surface area (Å²) in [5, 5.41) is 0.564. The van der Waals surface area contributed by atoms with Gasteiger partial charge in [0.15, 0.2) is 12.4 Å². The third kappa shape index (κ3) is 3.22. The quantitative estimate of drug-likeness (QED) is 0.419. The first kappa shape index (κ1) is 15.6. The molecule has 0 aliphatic carbocycles. The van der Waals surface area contributed by atoms with Gasteiger partial charge in [0.2, 0.25) is 0 Å². The molecular weight excluding hydrogens is 315 g/mol. The Hall–Kier alpha value is -3.28. The Morgan fingerprint density at radius 3 is 2.50 bits per heavy atom. The molecule has 2 aromatic carbocycles. The number of halogens is 1. The Kier molecular flexibility index (Phi) is 4.20. The average Bonchev–Trinajstić information content (AvgIpc) is 2.59. The van der Waals surface area contributed by atoms with E-state index in [0.717, 1.165) is 12.1 Å². The molecule has 1 aromatic heterocycles. The van der Waals surface area contributed by atoms with Crippen LogP contribution in [-0.2, 0) is 4.74 Å². The standard InChI is InChI=1S/C18H11FO5/c19-13-7-5-11(6-8-13)15(20)10-23-17(21)14-9-12-3-1-2-4-16(12)24-18(14)22/h1-9H,10H2. The summed E-state index contributed by atoms with van der Waals surface area (Å²) < 4.78 is 22.7. The molecule has 0 saturated carbocycles. The predicted octanol–water partition coefficient (Wildman–Crippen LogP) is 2.97. The molecule has 0 aliphatic rings. The molecule has 0 spiro atoms. The van der Waals surface area contributed by atoms with Crippen LogP contribution in [0.15, 0.2) is 63.8 Å². The molecule has 0 unspecified atom stereocenters. The minimum absolute atomic E-state index is 0.203. The van der Waals surface area contributed by atoms with Crippen LogP contribution in [0.1, 0.15) is 20.7 Å². The number of esters is 1. The first-order valence-corrected chi connectivity index (χ1v) is 7.03. The van der Waals surface area contributed by atoms with Crippen molar-refractivity contribution in [2.75, 3.05) is 6.61 Å². The minimum atomic E-state index is -0.954. The van der Waals surface area contributed by atoms with E-state index in [4.69, 9.17) is 9.15 Å². The second-order valence-corrected chi connectivity index (χ2v) is 4.99. The summed E-state index contributed by atoms with van der Waals surface area (Å²) in [4.78, 5) is 35.7. The molecule has 120 valence electrons. The highest BCUT2D eigenvalue weighted by atomic mass is 19.1. The summed E-state index contributed by atoms with van der Waals surface area (Å²) in [6, 6.07) is 12.9. The summed E-state index contributed by atoms with van der Waals surface area (Å²) in [6.45, 7) is -0.559. The van der Waals surface area contributed by atoms with Crippen LogP contribution in [0.4, 0.5) is 4.39 Å². The molecule has 0 radical (unpaired) electrons. The van der Waals surface area contributed by atoms with Gasteiger partial charge in [-0.05, 0) is 36.4 Å². The van der Waals surface area contributed by atoms with Crippen molar-refractivity contribution < 1.29 is 23.1 Å². The van der Waals surface area contributed by atoms with E-state index in [1.54, 1.807) is 24.3 Å². The second-order valence-electron chi connectivity index (χ2n) is 4.99. The number of carbonyl (C=O) groups excluding carboxylic acids is 2. The Morgan fingerprint density at radius 2 is 1.75 bits per heavy atom. The number of hydrogen-bond donors (Lipinski definition) is 0. The zero-order chi connectivity index (χ0) is 17.1. The smallest absolute Gasteiger partial charge is 0.351 e. The summed E-state index contributed by atoms with van der Waals surface area (Å²) in [5.41, 5.74) is -0.579. The highest BCUT2D eigenvalue weighted by Crippen LogP contribution is 2.13. The summed E-state index contributed by atoms with van der Waals surface area (Å²) in [5.74, 6) is -1.93. The Labute approximate surface area is 135 Å². The molecule has 0 atom stereocenters. The molecular formula is C18H11FO5. The molecule has 5 nitrogen and oxygen atoms in total. The van der Waals surface area contributed by atoms with E-state index < -0.39 is 29.8 Å². The summed E-state index contributed by atoms with van der Waals surface area (Å²) in [6.07, 6.45) is 0. The molecule has 3 rings (SSSR count). The number of carbonyl (C=O) groups is 2. The fourth-order valence-corrected chi connectivity index (χ4v) is 2.13. The monoisotopic (exact) mass is 326 g/mol. The first-order chi connectivity index (χ1) is 11.5. The van der Waals surface area contributed by atoms with Crippen LogP contribution in [0.5, 0.6) is 0 Å². The lowest BCUT2D eigenvalue weighted by Gasteiger charge is -2.04. The minimum Gasteiger partial charge on any atom is -0.453 e. The van der Waals surface area contributed by atoms with Crippen LogP contribution >= 0.6 is 0 Å². The van der Waals surface area contributed by atoms with Gasteiger partial charge in [-0.15, -0.1) is 0 Å². The van der Waals surface area contributed by atoms with E-state index in [1.807, 2.05) is 0 Å². The lowest BCUT2D eigenvalue weighted by molar-refractivity contribution is 0.0470. The van der Waals surface area contributed by atoms with Crippen molar-refractivity contribution in [3.63, 3.8) is 0 Å². The van der Waals surface area contributed by atoms with Crippen LogP contribution in [0.2, 0.25) is 0 Å². The maximum Gasteiger partial charge on any atom is 0.351 e. The molecule has 0 aliphatic heterocycles. The number of hydrogen-bond acceptors (Lipinski definition) is 5. The van der Waals surface area contributed by atoms with Crippen LogP contribution in [-0.4, -0.2) is 18.4 Å². The van der Waals surface area contributed by atoms with Gasteiger partial charge >= 0.3 is 11.6 Å². The molecule has 0 N–H and O–H groups in total. The Morgan fingerprint density at radius 1 is 1.04 bits per heavy atom. The SMILES string of the molecule is O=C(COC(=O)c1cc2ccccc2oc1=O)c1ccc(F)cc1. The van der Waals surface area contributed by atoms with Gasteiger partial charge in [-0.25, -0.2) is 14.0 Å². The zero-order valence-electron chi connectivity index (χ0n) is 12.3. The van der Waals surface area contributed by atoms with Crippen molar-refractivity contribution in [1.82, 2.24) is 0 Å². The van der Waals surface area contributed by atoms with Gasteiger partial charge in [0, 0.05) is 10.9 Å². The van der Waals surface area contributed by atoms with Crippen molar-refractivity contribution in [2.24, 2.45) is 0 Å². The van der Waals surface area contributed by atoms with Gasteiger partial charge in [-0.1, -0.05) is 18.2 Å². The maximum absolute atomic E-state index is 12.8. The highest BCUT2D eigenvalue weighted by Gasteiger charge is 2.17. The van der Waals surface area contributed by atoms with Crippen LogP contribution in [0.3, 0.4) is 0 Å². The van der Waals surface area contributed by atoms with Crippen LogP contribution in [0, 0.1) is 5.82 Å². The van der Waals surface area contributed by atoms with Gasteiger partial charge in [0.05, 0.1) is 0 Å². The third-order valence-electron chi connectivity index (χ3n) is 3.36. The molecule has 1 heterocycles.